The maximum absolute atomic E-state index is 13.4. The fourth-order valence-electron chi connectivity index (χ4n) is 5.68. The molecule has 4 fully saturated rings. The van der Waals surface area contributed by atoms with Gasteiger partial charge in [0.15, 0.2) is 11.9 Å². The summed E-state index contributed by atoms with van der Waals surface area (Å²) in [6.45, 7) is 1.77. The number of carbonyl (C=O) groups is 2. The Morgan fingerprint density at radius 1 is 1.16 bits per heavy atom. The number of aliphatic hydroxyl groups is 1. The van der Waals surface area contributed by atoms with Crippen molar-refractivity contribution in [3.63, 3.8) is 0 Å². The first-order valence-corrected chi connectivity index (χ1v) is 11.4. The largest absolute Gasteiger partial charge is 0.466 e. The number of piperidine rings is 3. The number of hydrogen-bond acceptors (Lipinski definition) is 7. The van der Waals surface area contributed by atoms with Crippen molar-refractivity contribution in [2.24, 2.45) is 11.8 Å². The quantitative estimate of drug-likeness (QED) is 0.542. The van der Waals surface area contributed by atoms with Gasteiger partial charge in [-0.25, -0.2) is 14.1 Å². The van der Waals surface area contributed by atoms with Crippen molar-refractivity contribution in [2.45, 2.75) is 50.2 Å². The fourth-order valence-corrected chi connectivity index (χ4v) is 5.68. The van der Waals surface area contributed by atoms with E-state index in [0.717, 1.165) is 38.5 Å². The molecule has 9 heteroatoms. The predicted octanol–water partition coefficient (Wildman–Crippen LogP) is 2.83. The minimum atomic E-state index is -1.79. The summed E-state index contributed by atoms with van der Waals surface area (Å²) in [7, 11) is 0. The van der Waals surface area contributed by atoms with Crippen molar-refractivity contribution in [1.82, 2.24) is 10.2 Å². The zero-order chi connectivity index (χ0) is 22.2. The van der Waals surface area contributed by atoms with Crippen molar-refractivity contribution < 1.29 is 28.3 Å². The third kappa shape index (κ3) is 3.59. The molecule has 6 rings (SSSR count). The molecule has 4 aliphatic rings. The zero-order valence-corrected chi connectivity index (χ0v) is 18.0. The van der Waals surface area contributed by atoms with E-state index in [2.05, 4.69) is 15.5 Å². The molecule has 1 unspecified atom stereocenters. The Kier molecular flexibility index (Phi) is 5.46. The van der Waals surface area contributed by atoms with Gasteiger partial charge in [0.05, 0.1) is 19.4 Å². The van der Waals surface area contributed by atoms with E-state index >= 15 is 0 Å². The van der Waals surface area contributed by atoms with Gasteiger partial charge in [0, 0.05) is 30.9 Å². The molecule has 2 N–H and O–H groups in total. The van der Waals surface area contributed by atoms with Gasteiger partial charge in [0.25, 0.3) is 0 Å². The Balaban J connectivity index is 1.34. The molecule has 0 aromatic carbocycles. The van der Waals surface area contributed by atoms with Crippen LogP contribution in [-0.4, -0.2) is 57.5 Å². The van der Waals surface area contributed by atoms with E-state index in [4.69, 9.17) is 9.15 Å². The molecule has 0 radical (unpaired) electrons. The van der Waals surface area contributed by atoms with Gasteiger partial charge in [-0.3, -0.25) is 5.32 Å². The zero-order valence-electron chi connectivity index (χ0n) is 18.0. The van der Waals surface area contributed by atoms with Crippen molar-refractivity contribution in [3.05, 3.63) is 42.5 Å². The SMILES string of the molecule is O=C(OC1C[N+]2(C(=O)Nc3cccnn3)CCC1CC2)[C@](O)(c1ccco1)C1CCCC1. The standard InChI is InChI=1S/C23H28N4O5/c28-21(23(30,17-5-1-2-6-17)19-7-4-14-31-19)32-18-15-27(12-9-16(18)10-13-27)22(29)25-20-8-3-11-24-26-20/h3-4,7-8,11,14,16-18,30H,1-2,5-6,9-10,12-13,15H2/p+1/t16?,18?,23-,27?/m1/s1. The van der Waals surface area contributed by atoms with Crippen LogP contribution < -0.4 is 5.32 Å². The molecule has 3 saturated heterocycles. The molecule has 1 saturated carbocycles. The lowest BCUT2D eigenvalue weighted by Gasteiger charge is -2.49. The monoisotopic (exact) mass is 441 g/mol. The van der Waals surface area contributed by atoms with Crippen molar-refractivity contribution in [3.8, 4) is 0 Å². The average molecular weight is 442 g/mol. The molecule has 2 bridgehead atoms. The van der Waals surface area contributed by atoms with Gasteiger partial charge in [-0.15, -0.1) is 5.10 Å². The topological polar surface area (TPSA) is 115 Å². The Bertz CT molecular complexity index is 952. The highest BCUT2D eigenvalue weighted by Crippen LogP contribution is 2.43. The van der Waals surface area contributed by atoms with Crippen LogP contribution in [0.15, 0.2) is 41.1 Å². The molecular weight excluding hydrogens is 412 g/mol. The molecule has 3 aliphatic heterocycles. The Labute approximate surface area is 186 Å². The first-order valence-electron chi connectivity index (χ1n) is 11.4. The number of quaternary nitrogens is 1. The number of carbonyl (C=O) groups excluding carboxylic acids is 2. The number of aromatic nitrogens is 2. The molecule has 2 aromatic rings. The summed E-state index contributed by atoms with van der Waals surface area (Å²) in [5.41, 5.74) is -1.79. The molecule has 9 nitrogen and oxygen atoms in total. The number of esters is 1. The van der Waals surface area contributed by atoms with Crippen LogP contribution in [0.3, 0.4) is 0 Å². The van der Waals surface area contributed by atoms with E-state index in [1.54, 1.807) is 30.5 Å². The second-order valence-electron chi connectivity index (χ2n) is 9.32. The molecule has 32 heavy (non-hydrogen) atoms. The summed E-state index contributed by atoms with van der Waals surface area (Å²) in [5, 5.41) is 22.1. The summed E-state index contributed by atoms with van der Waals surface area (Å²) >= 11 is 0. The number of amides is 2. The van der Waals surface area contributed by atoms with Crippen LogP contribution in [0.5, 0.6) is 0 Å². The average Bonchev–Trinajstić information content (AvgIpc) is 3.55. The molecular formula is C23H29N4O5+. The second kappa shape index (κ2) is 8.29. The number of furan rings is 1. The minimum absolute atomic E-state index is 0.165. The van der Waals surface area contributed by atoms with E-state index in [0.29, 0.717) is 25.5 Å². The number of urea groups is 1. The lowest BCUT2D eigenvalue weighted by Crippen LogP contribution is -2.68. The molecule has 1 aliphatic carbocycles. The van der Waals surface area contributed by atoms with Crippen LogP contribution in [0, 0.1) is 11.8 Å². The first kappa shape index (κ1) is 21.1. The predicted molar refractivity (Wildman–Crippen MR) is 113 cm³/mol. The van der Waals surface area contributed by atoms with Crippen molar-refractivity contribution >= 4 is 17.8 Å². The van der Waals surface area contributed by atoms with Crippen LogP contribution in [0.4, 0.5) is 10.6 Å². The van der Waals surface area contributed by atoms with Gasteiger partial charge >= 0.3 is 12.0 Å². The molecule has 170 valence electrons. The highest BCUT2D eigenvalue weighted by Gasteiger charge is 2.56. The molecule has 5 heterocycles. The lowest BCUT2D eigenvalue weighted by molar-refractivity contribution is -0.869. The molecule has 0 spiro atoms. The number of anilines is 1. The van der Waals surface area contributed by atoms with Crippen molar-refractivity contribution in [1.29, 1.82) is 0 Å². The van der Waals surface area contributed by atoms with Crippen molar-refractivity contribution in [2.75, 3.05) is 25.0 Å². The Morgan fingerprint density at radius 3 is 2.59 bits per heavy atom. The minimum Gasteiger partial charge on any atom is -0.466 e. The van der Waals surface area contributed by atoms with Gasteiger partial charge in [0.1, 0.15) is 12.3 Å². The first-order chi connectivity index (χ1) is 15.5. The van der Waals surface area contributed by atoms with E-state index in [-0.39, 0.29) is 28.1 Å². The fraction of sp³-hybridized carbons (Fsp3) is 0.565. The van der Waals surface area contributed by atoms with Gasteiger partial charge in [-0.2, -0.15) is 5.10 Å². The summed E-state index contributed by atoms with van der Waals surface area (Å²) in [4.78, 5) is 26.6. The van der Waals surface area contributed by atoms with Crippen LogP contribution in [0.1, 0.15) is 44.3 Å². The van der Waals surface area contributed by atoms with E-state index < -0.39 is 17.7 Å². The van der Waals surface area contributed by atoms with Gasteiger partial charge in [-0.05, 0) is 37.1 Å². The van der Waals surface area contributed by atoms with E-state index in [1.165, 1.54) is 6.26 Å². The maximum atomic E-state index is 13.4. The third-order valence-corrected chi connectivity index (χ3v) is 7.56. The number of nitrogens with one attached hydrogen (secondary N) is 1. The van der Waals surface area contributed by atoms with Crippen LogP contribution >= 0.6 is 0 Å². The Morgan fingerprint density at radius 2 is 1.94 bits per heavy atom. The highest BCUT2D eigenvalue weighted by atomic mass is 16.6. The Hall–Kier alpha value is -2.78. The number of fused-ring (bicyclic) bond motifs is 3. The molecule has 2 atom stereocenters. The van der Waals surface area contributed by atoms with Gasteiger partial charge in [-0.1, -0.05) is 12.8 Å². The molecule has 2 amide bonds. The van der Waals surface area contributed by atoms with Gasteiger partial charge < -0.3 is 14.3 Å². The van der Waals surface area contributed by atoms with E-state index in [1.807, 2.05) is 0 Å². The lowest BCUT2D eigenvalue weighted by atomic mass is 9.82. The summed E-state index contributed by atoms with van der Waals surface area (Å²) in [6, 6.07) is 6.56. The number of rotatable bonds is 5. The number of hydrogen-bond donors (Lipinski definition) is 2. The van der Waals surface area contributed by atoms with Crippen LogP contribution in [0.25, 0.3) is 0 Å². The summed E-state index contributed by atoms with van der Waals surface area (Å²) < 4.78 is 11.6. The molecule has 2 aromatic heterocycles. The number of nitrogens with zero attached hydrogens (tertiary/aromatic N) is 3. The summed E-state index contributed by atoms with van der Waals surface area (Å²) in [6.07, 6.45) is 7.60. The highest BCUT2D eigenvalue weighted by molar-refractivity contribution is 5.83. The van der Waals surface area contributed by atoms with Crippen LogP contribution in [0.2, 0.25) is 0 Å². The maximum Gasteiger partial charge on any atom is 0.422 e. The van der Waals surface area contributed by atoms with Crippen LogP contribution in [-0.2, 0) is 15.1 Å². The van der Waals surface area contributed by atoms with E-state index in [9.17, 15) is 14.7 Å². The third-order valence-electron chi connectivity index (χ3n) is 7.56. The van der Waals surface area contributed by atoms with Gasteiger partial charge in [0.2, 0.25) is 5.60 Å². The second-order valence-corrected chi connectivity index (χ2v) is 9.32. The normalized spacial score (nSPS) is 29.4. The smallest absolute Gasteiger partial charge is 0.422 e. The summed E-state index contributed by atoms with van der Waals surface area (Å²) in [5.74, 6) is -0.0664. The number of ether oxygens (including phenoxy) is 1.